The number of nitriles is 1. The molecule has 0 aliphatic carbocycles. The Balaban J connectivity index is 1.37. The van der Waals surface area contributed by atoms with Crippen LogP contribution in [0.15, 0.2) is 67.0 Å². The number of aliphatic hydroxyl groups is 2. The van der Waals surface area contributed by atoms with Gasteiger partial charge >= 0.3 is 12.1 Å². The van der Waals surface area contributed by atoms with E-state index in [-0.39, 0.29) is 60.3 Å². The summed E-state index contributed by atoms with van der Waals surface area (Å²) in [6, 6.07) is 14.7. The van der Waals surface area contributed by atoms with Crippen LogP contribution in [0.4, 0.5) is 13.2 Å². The third-order valence-corrected chi connectivity index (χ3v) is 9.30. The maximum atomic E-state index is 14.6. The summed E-state index contributed by atoms with van der Waals surface area (Å²) in [5.41, 5.74) is 1.95. The maximum Gasteiger partial charge on any atom is 0.420 e. The van der Waals surface area contributed by atoms with Gasteiger partial charge < -0.3 is 34.4 Å². The van der Waals surface area contributed by atoms with Gasteiger partial charge in [0.05, 0.1) is 29.9 Å². The molecule has 286 valence electrons. The van der Waals surface area contributed by atoms with Crippen molar-refractivity contribution in [1.29, 1.82) is 5.26 Å². The third-order valence-electron chi connectivity index (χ3n) is 9.01. The first-order chi connectivity index (χ1) is 25.9. The van der Waals surface area contributed by atoms with E-state index in [1.54, 1.807) is 31.2 Å². The van der Waals surface area contributed by atoms with Crippen molar-refractivity contribution in [2.24, 2.45) is 0 Å². The normalized spacial score (nSPS) is 15.1. The Morgan fingerprint density at radius 3 is 2.52 bits per heavy atom. The summed E-state index contributed by atoms with van der Waals surface area (Å²) in [6.07, 6.45) is -0.968. The molecule has 1 fully saturated rings. The summed E-state index contributed by atoms with van der Waals surface area (Å²) in [4.78, 5) is 17.6. The lowest BCUT2D eigenvalue weighted by molar-refractivity contribution is -0.140. The molecule has 1 saturated heterocycles. The van der Waals surface area contributed by atoms with Crippen LogP contribution in [-0.4, -0.2) is 76.2 Å². The van der Waals surface area contributed by atoms with Gasteiger partial charge in [0.15, 0.2) is 0 Å². The summed E-state index contributed by atoms with van der Waals surface area (Å²) in [5, 5.41) is 40.7. The average Bonchev–Trinajstić information content (AvgIpc) is 3.57. The minimum atomic E-state index is -4.71. The highest BCUT2D eigenvalue weighted by atomic mass is 35.5. The third kappa shape index (κ3) is 10.4. The molecule has 5 rings (SSSR count). The minimum absolute atomic E-state index is 0.00694. The monoisotopic (exact) mass is 768 g/mol. The second-order valence-corrected chi connectivity index (χ2v) is 13.2. The molecular formula is C39H40ClF3N4O7. The Hall–Kier alpha value is -4.91. The topological polar surface area (TPSA) is 157 Å². The summed E-state index contributed by atoms with van der Waals surface area (Å²) in [7, 11) is 0. The number of benzene rings is 3. The van der Waals surface area contributed by atoms with Crippen LogP contribution in [-0.2, 0) is 30.7 Å². The first kappa shape index (κ1) is 40.3. The number of alkyl halides is 3. The van der Waals surface area contributed by atoms with Crippen molar-refractivity contribution >= 4 is 17.6 Å². The molecule has 0 amide bonds. The van der Waals surface area contributed by atoms with E-state index in [0.29, 0.717) is 59.3 Å². The number of pyridine rings is 1. The van der Waals surface area contributed by atoms with E-state index in [1.807, 2.05) is 6.07 Å². The quantitative estimate of drug-likeness (QED) is 0.0917. The Bertz CT molecular complexity index is 1970. The molecule has 1 aliphatic heterocycles. The van der Waals surface area contributed by atoms with Crippen molar-refractivity contribution in [3.8, 4) is 34.4 Å². The highest BCUT2D eigenvalue weighted by molar-refractivity contribution is 6.32. The molecule has 0 bridgehead atoms. The standard InChI is InChI=1S/C39H40ClF3N4O7/c1-24-27(5-2-6-30(24)31-7-3-8-34(37(31)39(41,42)43)52-12-4-10-47-11-9-29(49)20-47)23-54-36-15-35(53-22-26-13-25(16-44)17-45-18-26)28(14-32(36)40)19-46-33(21-48)38(50)51/h2-3,5-8,13-15,17-18,29,33,46,48-49H,4,9-12,19-23H2,1H3,(H,50,51)/t29-,33?/m1/s1. The molecule has 0 spiro atoms. The summed E-state index contributed by atoms with van der Waals surface area (Å²) < 4.78 is 61.8. The molecule has 3 aromatic carbocycles. The van der Waals surface area contributed by atoms with Crippen molar-refractivity contribution in [3.63, 3.8) is 0 Å². The predicted octanol–water partition coefficient (Wildman–Crippen LogP) is 6.13. The SMILES string of the molecule is Cc1c(COc2cc(OCc3cncc(C#N)c3)c(CNC(CO)C(=O)O)cc2Cl)cccc1-c1cccc(OCCCN2CC[C@@H](O)C2)c1C(F)(F)F. The van der Waals surface area contributed by atoms with E-state index in [9.17, 15) is 38.5 Å². The van der Waals surface area contributed by atoms with Gasteiger partial charge in [-0.15, -0.1) is 0 Å². The van der Waals surface area contributed by atoms with Crippen LogP contribution in [0.5, 0.6) is 17.2 Å². The highest BCUT2D eigenvalue weighted by Crippen LogP contribution is 2.44. The second kappa shape index (κ2) is 18.4. The number of carboxylic acids is 1. The molecular weight excluding hydrogens is 729 g/mol. The molecule has 1 aromatic heterocycles. The zero-order valence-corrected chi connectivity index (χ0v) is 30.2. The van der Waals surface area contributed by atoms with E-state index in [1.165, 1.54) is 42.7 Å². The first-order valence-corrected chi connectivity index (χ1v) is 17.6. The second-order valence-electron chi connectivity index (χ2n) is 12.8. The van der Waals surface area contributed by atoms with Crippen molar-refractivity contribution in [3.05, 3.63) is 105 Å². The Morgan fingerprint density at radius 1 is 1.06 bits per heavy atom. The lowest BCUT2D eigenvalue weighted by Gasteiger charge is -2.21. The van der Waals surface area contributed by atoms with Gasteiger partial charge in [-0.2, -0.15) is 18.4 Å². The molecule has 11 nitrogen and oxygen atoms in total. The fourth-order valence-corrected chi connectivity index (χ4v) is 6.39. The fraction of sp³-hybridized carbons (Fsp3) is 0.359. The molecule has 0 radical (unpaired) electrons. The Labute approximate surface area is 315 Å². The van der Waals surface area contributed by atoms with Gasteiger partial charge in [-0.1, -0.05) is 41.9 Å². The number of aliphatic hydroxyl groups excluding tert-OH is 2. The summed E-state index contributed by atoms with van der Waals surface area (Å²) >= 11 is 6.61. The Kier molecular flexibility index (Phi) is 13.7. The van der Waals surface area contributed by atoms with E-state index < -0.39 is 30.4 Å². The molecule has 0 saturated carbocycles. The van der Waals surface area contributed by atoms with Crippen LogP contribution in [0.2, 0.25) is 5.02 Å². The predicted molar refractivity (Wildman–Crippen MR) is 193 cm³/mol. The number of rotatable bonds is 17. The minimum Gasteiger partial charge on any atom is -0.493 e. The van der Waals surface area contributed by atoms with Gasteiger partial charge in [0, 0.05) is 55.8 Å². The van der Waals surface area contributed by atoms with Gasteiger partial charge in [0.1, 0.15) is 48.1 Å². The maximum absolute atomic E-state index is 14.6. The largest absolute Gasteiger partial charge is 0.493 e. The number of nitrogens with one attached hydrogen (secondary N) is 1. The lowest BCUT2D eigenvalue weighted by Crippen LogP contribution is -2.39. The van der Waals surface area contributed by atoms with E-state index >= 15 is 0 Å². The molecule has 4 N–H and O–H groups in total. The van der Waals surface area contributed by atoms with Crippen LogP contribution in [0.1, 0.15) is 46.2 Å². The van der Waals surface area contributed by atoms with E-state index in [0.717, 1.165) is 6.54 Å². The molecule has 2 heterocycles. The van der Waals surface area contributed by atoms with Gasteiger partial charge in [-0.3, -0.25) is 15.1 Å². The molecule has 54 heavy (non-hydrogen) atoms. The number of halogens is 4. The van der Waals surface area contributed by atoms with Crippen molar-refractivity contribution < 1.29 is 47.5 Å². The summed E-state index contributed by atoms with van der Waals surface area (Å²) in [6.45, 7) is 2.91. The van der Waals surface area contributed by atoms with Crippen LogP contribution in [0, 0.1) is 18.3 Å². The van der Waals surface area contributed by atoms with Gasteiger partial charge in [-0.25, -0.2) is 0 Å². The van der Waals surface area contributed by atoms with Crippen LogP contribution in [0.25, 0.3) is 11.1 Å². The van der Waals surface area contributed by atoms with Crippen LogP contribution in [0.3, 0.4) is 0 Å². The fourth-order valence-electron chi connectivity index (χ4n) is 6.15. The average molecular weight is 769 g/mol. The van der Waals surface area contributed by atoms with Gasteiger partial charge in [0.25, 0.3) is 0 Å². The lowest BCUT2D eigenvalue weighted by atomic mass is 9.92. The smallest absolute Gasteiger partial charge is 0.420 e. The number of aromatic nitrogens is 1. The number of aliphatic carboxylic acids is 1. The van der Waals surface area contributed by atoms with E-state index in [2.05, 4.69) is 15.2 Å². The van der Waals surface area contributed by atoms with Crippen molar-refractivity contribution in [1.82, 2.24) is 15.2 Å². The van der Waals surface area contributed by atoms with Crippen molar-refractivity contribution in [2.75, 3.05) is 32.8 Å². The van der Waals surface area contributed by atoms with Gasteiger partial charge in [-0.05, 0) is 60.2 Å². The zero-order valence-electron chi connectivity index (χ0n) is 29.4. The number of nitrogens with zero attached hydrogens (tertiary/aromatic N) is 3. The van der Waals surface area contributed by atoms with Crippen LogP contribution >= 0.6 is 11.6 Å². The zero-order chi connectivity index (χ0) is 38.8. The number of β-amino-alcohol motifs (C(OH)–C–C–N with tert-alkyl or cyclic N) is 1. The Morgan fingerprint density at radius 2 is 1.81 bits per heavy atom. The van der Waals surface area contributed by atoms with E-state index in [4.69, 9.17) is 25.8 Å². The first-order valence-electron chi connectivity index (χ1n) is 17.2. The number of hydrogen-bond donors (Lipinski definition) is 4. The molecule has 1 aliphatic rings. The van der Waals surface area contributed by atoms with Gasteiger partial charge in [0.2, 0.25) is 0 Å². The summed E-state index contributed by atoms with van der Waals surface area (Å²) in [5.74, 6) is -1.06. The molecule has 4 aromatic rings. The molecule has 1 unspecified atom stereocenters. The number of ether oxygens (including phenoxy) is 3. The number of carbonyl (C=O) groups is 1. The number of likely N-dealkylation sites (tertiary alicyclic amines) is 1. The van der Waals surface area contributed by atoms with Crippen LogP contribution < -0.4 is 19.5 Å². The highest BCUT2D eigenvalue weighted by Gasteiger charge is 2.38. The molecule has 15 heteroatoms. The number of hydrogen-bond acceptors (Lipinski definition) is 10. The number of carboxylic acid groups (broad SMARTS) is 1. The molecule has 2 atom stereocenters. The van der Waals surface area contributed by atoms with Crippen molar-refractivity contribution in [2.45, 2.75) is 57.8 Å².